The lowest BCUT2D eigenvalue weighted by molar-refractivity contribution is 0.250. The highest BCUT2D eigenvalue weighted by Crippen LogP contribution is 1.94. The second-order valence-corrected chi connectivity index (χ2v) is 3.41. The molecule has 0 aromatic rings. The highest BCUT2D eigenvalue weighted by atomic mass is 15.1. The Bertz CT molecular complexity index is 85.7. The van der Waals surface area contributed by atoms with Crippen molar-refractivity contribution in [3.8, 4) is 0 Å². The van der Waals surface area contributed by atoms with E-state index < -0.39 is 0 Å². The summed E-state index contributed by atoms with van der Waals surface area (Å²) in [7, 11) is 0. The molecule has 2 nitrogen and oxygen atoms in total. The Morgan fingerprint density at radius 3 is 0.762 bits per heavy atom. The molecule has 0 radical (unpaired) electrons. The lowest BCUT2D eigenvalue weighted by Crippen LogP contribution is -2.29. The quantitative estimate of drug-likeness (QED) is 0.469. The van der Waals surface area contributed by atoms with E-state index in [2.05, 4.69) is 37.5 Å². The summed E-state index contributed by atoms with van der Waals surface area (Å²) in [5.74, 6) is 0. The Balaban J connectivity index is -0.0000000257. The van der Waals surface area contributed by atoms with E-state index in [0.717, 1.165) is 0 Å². The third-order valence-electron chi connectivity index (χ3n) is 2.74. The smallest absolute Gasteiger partial charge is 0.000678 e. The molecule has 0 atom stereocenters. The molecule has 0 saturated heterocycles. The normalized spacial score (nSPS) is 7.14. The van der Waals surface area contributed by atoms with Crippen LogP contribution < -0.4 is 0 Å². The predicted molar refractivity (Wildman–Crippen MR) is 114 cm³/mol. The Labute approximate surface area is 143 Å². The van der Waals surface area contributed by atoms with Crippen molar-refractivity contribution in [1.29, 1.82) is 0 Å². The van der Waals surface area contributed by atoms with Gasteiger partial charge < -0.3 is 9.80 Å². The number of rotatable bonds is 8. The molecule has 0 N–H and O–H groups in total. The molecular formula is C19H58N2. The largest absolute Gasteiger partial charge is 0.304 e. The average molecular weight is 315 g/mol. The van der Waals surface area contributed by atoms with Crippen LogP contribution in [0.1, 0.15) is 93.5 Å². The van der Waals surface area contributed by atoms with E-state index in [1.807, 2.05) is 0 Å². The van der Waals surface area contributed by atoms with Crippen LogP contribution in [-0.4, -0.2) is 49.1 Å². The summed E-state index contributed by atoms with van der Waals surface area (Å²) in [6, 6.07) is 0. The third kappa shape index (κ3) is 33.0. The lowest BCUT2D eigenvalue weighted by atomic mass is 10.3. The van der Waals surface area contributed by atoms with Crippen LogP contribution in [0.25, 0.3) is 0 Å². The van der Waals surface area contributed by atoms with E-state index in [4.69, 9.17) is 0 Å². The minimum absolute atomic E-state index is 0. The minimum Gasteiger partial charge on any atom is -0.304 e. The van der Waals surface area contributed by atoms with Gasteiger partial charge in [0.2, 0.25) is 0 Å². The first-order valence-electron chi connectivity index (χ1n) is 5.73. The lowest BCUT2D eigenvalue weighted by Gasteiger charge is -2.21. The van der Waals surface area contributed by atoms with Crippen molar-refractivity contribution < 1.29 is 0 Å². The minimum atomic E-state index is 0. The second-order valence-electron chi connectivity index (χ2n) is 3.41. The molecule has 0 bridgehead atoms. The van der Waals surface area contributed by atoms with Crippen molar-refractivity contribution in [2.75, 3.05) is 39.3 Å². The summed E-state index contributed by atoms with van der Waals surface area (Å²) in [6.45, 7) is 16.2. The predicted octanol–water partition coefficient (Wildman–Crippen LogP) is 7.15. The molecule has 0 heterocycles. The van der Waals surface area contributed by atoms with Gasteiger partial charge in [-0.25, -0.2) is 0 Å². The number of nitrogens with zero attached hydrogens (tertiary/aromatic N) is 2. The van der Waals surface area contributed by atoms with Gasteiger partial charge in [0.25, 0.3) is 0 Å². The molecule has 0 fully saturated rings. The fourth-order valence-electron chi connectivity index (χ4n) is 1.60. The molecule has 0 unspecified atom stereocenters. The van der Waals surface area contributed by atoms with Gasteiger partial charge in [0.1, 0.15) is 0 Å². The molecular weight excluding hydrogens is 256 g/mol. The molecule has 2 heteroatoms. The van der Waals surface area contributed by atoms with Crippen molar-refractivity contribution in [3.63, 3.8) is 0 Å². The van der Waals surface area contributed by atoms with Crippen LogP contribution in [0.15, 0.2) is 0 Å². The average Bonchev–Trinajstić information content (AvgIpc) is 2.19. The SMILES string of the molecule is C.C.C.C.C.C.C.C.CCN(CC)CCCN(CC)CC. The molecule has 0 rings (SSSR count). The van der Waals surface area contributed by atoms with E-state index in [1.54, 1.807) is 0 Å². The van der Waals surface area contributed by atoms with Crippen LogP contribution in [0.4, 0.5) is 0 Å². The van der Waals surface area contributed by atoms with Gasteiger partial charge in [-0.3, -0.25) is 0 Å². The van der Waals surface area contributed by atoms with Crippen LogP contribution in [0.5, 0.6) is 0 Å². The van der Waals surface area contributed by atoms with E-state index in [1.165, 1.54) is 45.7 Å². The van der Waals surface area contributed by atoms with Gasteiger partial charge in [-0.1, -0.05) is 87.1 Å². The first-order chi connectivity index (χ1) is 6.28. The van der Waals surface area contributed by atoms with Gasteiger partial charge in [0.15, 0.2) is 0 Å². The van der Waals surface area contributed by atoms with Crippen LogP contribution >= 0.6 is 0 Å². The monoisotopic (exact) mass is 314 g/mol. The Morgan fingerprint density at radius 1 is 0.429 bits per heavy atom. The van der Waals surface area contributed by atoms with Gasteiger partial charge in [-0.05, 0) is 45.7 Å². The molecule has 0 spiro atoms. The zero-order valence-electron chi connectivity index (χ0n) is 9.84. The Morgan fingerprint density at radius 2 is 0.619 bits per heavy atom. The first kappa shape index (κ1) is 58.4. The van der Waals surface area contributed by atoms with Gasteiger partial charge >= 0.3 is 0 Å². The summed E-state index contributed by atoms with van der Waals surface area (Å²) >= 11 is 0. The highest BCUT2D eigenvalue weighted by Gasteiger charge is 2.01. The van der Waals surface area contributed by atoms with Crippen molar-refractivity contribution in [2.45, 2.75) is 93.5 Å². The summed E-state index contributed by atoms with van der Waals surface area (Å²) in [4.78, 5) is 4.98. The summed E-state index contributed by atoms with van der Waals surface area (Å²) in [6.07, 6.45) is 1.31. The second kappa shape index (κ2) is 42.7. The van der Waals surface area contributed by atoms with Crippen LogP contribution in [0.3, 0.4) is 0 Å². The summed E-state index contributed by atoms with van der Waals surface area (Å²) < 4.78 is 0. The zero-order chi connectivity index (χ0) is 10.1. The molecule has 0 aliphatic heterocycles. The first-order valence-corrected chi connectivity index (χ1v) is 5.73. The van der Waals surface area contributed by atoms with Crippen LogP contribution in [-0.2, 0) is 0 Å². The van der Waals surface area contributed by atoms with Crippen LogP contribution in [0, 0.1) is 0 Å². The van der Waals surface area contributed by atoms with E-state index in [0.29, 0.717) is 0 Å². The zero-order valence-corrected chi connectivity index (χ0v) is 9.84. The van der Waals surface area contributed by atoms with Crippen molar-refractivity contribution in [3.05, 3.63) is 0 Å². The fraction of sp³-hybridized carbons (Fsp3) is 1.00. The third-order valence-corrected chi connectivity index (χ3v) is 2.74. The Kier molecular flexibility index (Phi) is 119. The number of hydrogen-bond donors (Lipinski definition) is 0. The van der Waals surface area contributed by atoms with Gasteiger partial charge in [-0.2, -0.15) is 0 Å². The van der Waals surface area contributed by atoms with Crippen molar-refractivity contribution >= 4 is 0 Å². The van der Waals surface area contributed by atoms with Gasteiger partial charge in [0.05, 0.1) is 0 Å². The number of hydrogen-bond acceptors (Lipinski definition) is 2. The van der Waals surface area contributed by atoms with Crippen LogP contribution in [0.2, 0.25) is 0 Å². The van der Waals surface area contributed by atoms with E-state index in [-0.39, 0.29) is 59.4 Å². The topological polar surface area (TPSA) is 6.48 Å². The maximum Gasteiger partial charge on any atom is -0.000678 e. The maximum atomic E-state index is 2.49. The summed E-state index contributed by atoms with van der Waals surface area (Å²) in [5, 5.41) is 0. The fourth-order valence-corrected chi connectivity index (χ4v) is 1.60. The molecule has 0 aromatic heterocycles. The van der Waals surface area contributed by atoms with Gasteiger partial charge in [0, 0.05) is 0 Å². The molecule has 0 aliphatic carbocycles. The summed E-state index contributed by atoms with van der Waals surface area (Å²) in [5.41, 5.74) is 0. The van der Waals surface area contributed by atoms with E-state index in [9.17, 15) is 0 Å². The Hall–Kier alpha value is -0.0800. The van der Waals surface area contributed by atoms with E-state index >= 15 is 0 Å². The standard InChI is InChI=1S/C11H26N2.8CH4/c1-5-12(6-2)10-9-11-13(7-3)8-4;;;;;;;;/h5-11H2,1-4H3;8*1H4. The molecule has 144 valence electrons. The van der Waals surface area contributed by atoms with Crippen molar-refractivity contribution in [1.82, 2.24) is 9.80 Å². The molecule has 0 aromatic carbocycles. The molecule has 0 amide bonds. The molecule has 0 saturated carbocycles. The van der Waals surface area contributed by atoms with Gasteiger partial charge in [-0.15, -0.1) is 0 Å². The molecule has 21 heavy (non-hydrogen) atoms. The maximum absolute atomic E-state index is 2.49. The molecule has 0 aliphatic rings. The highest BCUT2D eigenvalue weighted by molar-refractivity contribution is 4.57. The van der Waals surface area contributed by atoms with Crippen molar-refractivity contribution in [2.24, 2.45) is 0 Å².